The van der Waals surface area contributed by atoms with Crippen LogP contribution in [0.2, 0.25) is 0 Å². The average Bonchev–Trinajstić information content (AvgIpc) is 2.52. The highest BCUT2D eigenvalue weighted by molar-refractivity contribution is 5.67. The lowest BCUT2D eigenvalue weighted by atomic mass is 9.99. The Labute approximate surface area is 139 Å². The number of nitrogens with zero attached hydrogens (tertiary/aromatic N) is 2. The van der Waals surface area contributed by atoms with Gasteiger partial charge < -0.3 is 10.1 Å². The van der Waals surface area contributed by atoms with Crippen LogP contribution in [0.25, 0.3) is 0 Å². The van der Waals surface area contributed by atoms with Crippen LogP contribution in [-0.4, -0.2) is 40.7 Å². The second-order valence-corrected chi connectivity index (χ2v) is 7.20. The summed E-state index contributed by atoms with van der Waals surface area (Å²) >= 11 is 0. The predicted octanol–water partition coefficient (Wildman–Crippen LogP) is 3.52. The molecule has 1 aromatic heterocycles. The van der Waals surface area contributed by atoms with Crippen LogP contribution in [0.4, 0.5) is 4.79 Å². The van der Waals surface area contributed by atoms with E-state index in [0.29, 0.717) is 12.6 Å². The third-order valence-electron chi connectivity index (χ3n) is 4.17. The summed E-state index contributed by atoms with van der Waals surface area (Å²) in [5.74, 6) is 0. The average molecular weight is 319 g/mol. The molecule has 0 aliphatic carbocycles. The van der Waals surface area contributed by atoms with Crippen LogP contribution in [0.5, 0.6) is 0 Å². The molecule has 2 rings (SSSR count). The molecule has 1 aliphatic heterocycles. The maximum absolute atomic E-state index is 11.9. The number of alkyl carbamates (subject to hydrolysis) is 1. The van der Waals surface area contributed by atoms with Gasteiger partial charge in [0, 0.05) is 24.8 Å². The van der Waals surface area contributed by atoms with Gasteiger partial charge >= 0.3 is 6.09 Å². The number of piperidine rings is 1. The second-order valence-electron chi connectivity index (χ2n) is 7.20. The molecule has 2 atom stereocenters. The maximum atomic E-state index is 11.9. The standard InChI is InChI=1S/C18H29N3O2/c1-14(16-10-5-7-11-19-16)21-12-8-6-9-15(21)13-20-17(22)23-18(2,3)4/h5,7,10-11,14-15H,6,8-9,12-13H2,1-4H3,(H,20,22)/t14-,15+/m1/s1. The summed E-state index contributed by atoms with van der Waals surface area (Å²) < 4.78 is 5.33. The Morgan fingerprint density at radius 2 is 2.22 bits per heavy atom. The fraction of sp³-hybridized carbons (Fsp3) is 0.667. The monoisotopic (exact) mass is 319 g/mol. The first kappa shape index (κ1) is 17.7. The number of carbonyl (C=O) groups is 1. The number of carbonyl (C=O) groups excluding carboxylic acids is 1. The molecule has 1 fully saturated rings. The summed E-state index contributed by atoms with van der Waals surface area (Å²) in [5.41, 5.74) is 0.620. The number of nitrogens with one attached hydrogen (secondary N) is 1. The van der Waals surface area contributed by atoms with E-state index in [4.69, 9.17) is 4.74 Å². The minimum Gasteiger partial charge on any atom is -0.444 e. The zero-order valence-corrected chi connectivity index (χ0v) is 14.7. The van der Waals surface area contributed by atoms with Crippen molar-refractivity contribution in [2.24, 2.45) is 0 Å². The molecule has 0 radical (unpaired) electrons. The molecule has 1 amide bonds. The Hall–Kier alpha value is -1.62. The van der Waals surface area contributed by atoms with E-state index in [2.05, 4.69) is 28.2 Å². The van der Waals surface area contributed by atoms with Crippen molar-refractivity contribution in [3.8, 4) is 0 Å². The van der Waals surface area contributed by atoms with Crippen molar-refractivity contribution in [2.45, 2.75) is 64.6 Å². The zero-order chi connectivity index (χ0) is 16.9. The van der Waals surface area contributed by atoms with Crippen LogP contribution in [0.1, 0.15) is 58.7 Å². The number of aromatic nitrogens is 1. The number of likely N-dealkylation sites (tertiary alicyclic amines) is 1. The van der Waals surface area contributed by atoms with Gasteiger partial charge in [-0.3, -0.25) is 9.88 Å². The summed E-state index contributed by atoms with van der Waals surface area (Å²) in [4.78, 5) is 18.8. The van der Waals surface area contributed by atoms with Gasteiger partial charge in [0.15, 0.2) is 0 Å². The topological polar surface area (TPSA) is 54.5 Å². The van der Waals surface area contributed by atoms with Crippen molar-refractivity contribution in [3.05, 3.63) is 30.1 Å². The Morgan fingerprint density at radius 3 is 2.87 bits per heavy atom. The van der Waals surface area contributed by atoms with Crippen molar-refractivity contribution in [1.29, 1.82) is 0 Å². The number of rotatable bonds is 4. The van der Waals surface area contributed by atoms with E-state index in [0.717, 1.165) is 18.7 Å². The van der Waals surface area contributed by atoms with Gasteiger partial charge in [-0.25, -0.2) is 4.79 Å². The molecule has 128 valence electrons. The van der Waals surface area contributed by atoms with Gasteiger partial charge in [-0.15, -0.1) is 0 Å². The molecule has 1 aliphatic rings. The van der Waals surface area contributed by atoms with Crippen LogP contribution in [0.3, 0.4) is 0 Å². The summed E-state index contributed by atoms with van der Waals surface area (Å²) in [7, 11) is 0. The summed E-state index contributed by atoms with van der Waals surface area (Å²) in [6, 6.07) is 6.61. The van der Waals surface area contributed by atoms with Gasteiger partial charge in [0.25, 0.3) is 0 Å². The third kappa shape index (κ3) is 5.50. The molecule has 23 heavy (non-hydrogen) atoms. The van der Waals surface area contributed by atoms with Crippen molar-refractivity contribution in [3.63, 3.8) is 0 Å². The first-order valence-corrected chi connectivity index (χ1v) is 8.50. The first-order chi connectivity index (χ1) is 10.9. The number of ether oxygens (including phenoxy) is 1. The fourth-order valence-electron chi connectivity index (χ4n) is 3.06. The van der Waals surface area contributed by atoms with Crippen molar-refractivity contribution < 1.29 is 9.53 Å². The molecule has 2 heterocycles. The van der Waals surface area contributed by atoms with Gasteiger partial charge in [-0.05, 0) is 59.2 Å². The van der Waals surface area contributed by atoms with E-state index in [-0.39, 0.29) is 12.1 Å². The van der Waals surface area contributed by atoms with Crippen LogP contribution in [0.15, 0.2) is 24.4 Å². The molecule has 1 saturated heterocycles. The van der Waals surface area contributed by atoms with Crippen molar-refractivity contribution >= 4 is 6.09 Å². The largest absolute Gasteiger partial charge is 0.444 e. The first-order valence-electron chi connectivity index (χ1n) is 8.50. The van der Waals surface area contributed by atoms with Crippen LogP contribution >= 0.6 is 0 Å². The van der Waals surface area contributed by atoms with Crippen LogP contribution in [-0.2, 0) is 4.74 Å². The molecule has 5 nitrogen and oxygen atoms in total. The van der Waals surface area contributed by atoms with Gasteiger partial charge in [0.05, 0.1) is 5.69 Å². The molecular weight excluding hydrogens is 290 g/mol. The molecular formula is C18H29N3O2. The van der Waals surface area contributed by atoms with Gasteiger partial charge in [0.2, 0.25) is 0 Å². The molecule has 0 aromatic carbocycles. The van der Waals surface area contributed by atoms with Crippen molar-refractivity contribution in [2.75, 3.05) is 13.1 Å². The highest BCUT2D eigenvalue weighted by atomic mass is 16.6. The zero-order valence-electron chi connectivity index (χ0n) is 14.7. The minimum atomic E-state index is -0.461. The Kier molecular flexibility index (Phi) is 5.99. The van der Waals surface area contributed by atoms with Crippen LogP contribution in [0, 0.1) is 0 Å². The minimum absolute atomic E-state index is 0.252. The SMILES string of the molecule is C[C@H](c1ccccn1)N1CCCC[C@H]1CNC(=O)OC(C)(C)C. The van der Waals surface area contributed by atoms with E-state index in [1.54, 1.807) is 0 Å². The second kappa shape index (κ2) is 7.77. The fourth-order valence-corrected chi connectivity index (χ4v) is 3.06. The molecule has 0 bridgehead atoms. The lowest BCUT2D eigenvalue weighted by Crippen LogP contribution is -2.48. The Morgan fingerprint density at radius 1 is 1.43 bits per heavy atom. The smallest absolute Gasteiger partial charge is 0.407 e. The highest BCUT2D eigenvalue weighted by Gasteiger charge is 2.28. The predicted molar refractivity (Wildman–Crippen MR) is 91.2 cm³/mol. The normalized spacial score (nSPS) is 20.8. The molecule has 5 heteroatoms. The van der Waals surface area contributed by atoms with Gasteiger partial charge in [0.1, 0.15) is 5.60 Å². The molecule has 1 N–H and O–H groups in total. The van der Waals surface area contributed by atoms with E-state index in [1.807, 2.05) is 39.1 Å². The molecule has 0 saturated carbocycles. The number of pyridine rings is 1. The van der Waals surface area contributed by atoms with Gasteiger partial charge in [-0.1, -0.05) is 12.5 Å². The third-order valence-corrected chi connectivity index (χ3v) is 4.17. The lowest BCUT2D eigenvalue weighted by Gasteiger charge is -2.39. The molecule has 1 aromatic rings. The summed E-state index contributed by atoms with van der Waals surface area (Å²) in [6.07, 6.45) is 4.98. The van der Waals surface area contributed by atoms with Crippen LogP contribution < -0.4 is 5.32 Å². The Balaban J connectivity index is 1.94. The molecule has 0 spiro atoms. The Bertz CT molecular complexity index is 499. The summed E-state index contributed by atoms with van der Waals surface area (Å²) in [6.45, 7) is 9.48. The maximum Gasteiger partial charge on any atom is 0.407 e. The van der Waals surface area contributed by atoms with E-state index < -0.39 is 5.60 Å². The quantitative estimate of drug-likeness (QED) is 0.922. The van der Waals surface area contributed by atoms with Gasteiger partial charge in [-0.2, -0.15) is 0 Å². The number of hydrogen-bond acceptors (Lipinski definition) is 4. The molecule has 0 unspecified atom stereocenters. The lowest BCUT2D eigenvalue weighted by molar-refractivity contribution is 0.0470. The van der Waals surface area contributed by atoms with E-state index in [9.17, 15) is 4.79 Å². The number of amides is 1. The van der Waals surface area contributed by atoms with Crippen molar-refractivity contribution in [1.82, 2.24) is 15.2 Å². The highest BCUT2D eigenvalue weighted by Crippen LogP contribution is 2.27. The van der Waals surface area contributed by atoms with E-state index >= 15 is 0 Å². The summed E-state index contributed by atoms with van der Waals surface area (Å²) in [5, 5.41) is 2.92. The van der Waals surface area contributed by atoms with E-state index in [1.165, 1.54) is 12.8 Å². The number of hydrogen-bond donors (Lipinski definition) is 1.